The molecule has 2 aromatic rings. The maximum absolute atomic E-state index is 12.8. The fourth-order valence-electron chi connectivity index (χ4n) is 3.32. The van der Waals surface area contributed by atoms with Gasteiger partial charge in [0, 0.05) is 11.1 Å². The Labute approximate surface area is 195 Å². The Kier molecular flexibility index (Phi) is 8.13. The molecule has 0 saturated heterocycles. The van der Waals surface area contributed by atoms with Crippen molar-refractivity contribution in [1.82, 2.24) is 0 Å². The van der Waals surface area contributed by atoms with Crippen molar-refractivity contribution in [3.05, 3.63) is 63.2 Å². The van der Waals surface area contributed by atoms with Gasteiger partial charge < -0.3 is 14.2 Å². The first-order valence-corrected chi connectivity index (χ1v) is 10.8. The summed E-state index contributed by atoms with van der Waals surface area (Å²) in [7, 11) is 1.47. The molecule has 32 heavy (non-hydrogen) atoms. The minimum atomic E-state index is -0.615. The number of hydrogen-bond donors (Lipinski definition) is 0. The van der Waals surface area contributed by atoms with Crippen LogP contribution < -0.4 is 9.47 Å². The Morgan fingerprint density at radius 3 is 2.31 bits per heavy atom. The average Bonchev–Trinajstić information content (AvgIpc) is 2.66. The molecule has 2 aromatic carbocycles. The highest BCUT2D eigenvalue weighted by Gasteiger charge is 2.24. The third-order valence-electron chi connectivity index (χ3n) is 4.55. The molecule has 0 aliphatic heterocycles. The Morgan fingerprint density at radius 2 is 1.75 bits per heavy atom. The molecule has 0 spiro atoms. The van der Waals surface area contributed by atoms with Crippen LogP contribution in [0.4, 0.5) is 0 Å². The summed E-state index contributed by atoms with van der Waals surface area (Å²) < 4.78 is 16.9. The number of methoxy groups -OCH3 is 1. The maximum Gasteiger partial charge on any atom is 0.339 e. The molecule has 0 heterocycles. The van der Waals surface area contributed by atoms with E-state index in [1.165, 1.54) is 13.2 Å². The SMILES string of the molecule is COc1c(Cl)cccc1C(=O)C=Cc1cc(C)c(C(=O)OC(C)(C)C)c(C)c1OC(C)C. The van der Waals surface area contributed by atoms with Crippen LogP contribution in [0.2, 0.25) is 5.02 Å². The molecule has 0 unspecified atom stereocenters. The minimum absolute atomic E-state index is 0.126. The Bertz CT molecular complexity index is 1050. The normalized spacial score (nSPS) is 11.7. The number of ketones is 1. The Hall–Kier alpha value is -2.79. The van der Waals surface area contributed by atoms with Gasteiger partial charge in [0.1, 0.15) is 17.1 Å². The van der Waals surface area contributed by atoms with Crippen molar-refractivity contribution in [3.8, 4) is 11.5 Å². The van der Waals surface area contributed by atoms with Gasteiger partial charge in [-0.2, -0.15) is 0 Å². The van der Waals surface area contributed by atoms with Gasteiger partial charge in [0.05, 0.1) is 29.4 Å². The Balaban J connectivity index is 2.53. The fourth-order valence-corrected chi connectivity index (χ4v) is 3.57. The number of carbonyl (C=O) groups is 2. The number of ether oxygens (including phenoxy) is 3. The molecule has 0 aliphatic carbocycles. The van der Waals surface area contributed by atoms with Gasteiger partial charge in [0.2, 0.25) is 0 Å². The quantitative estimate of drug-likeness (QED) is 0.265. The number of esters is 1. The van der Waals surface area contributed by atoms with Crippen LogP contribution in [0.25, 0.3) is 6.08 Å². The lowest BCUT2D eigenvalue weighted by Gasteiger charge is -2.23. The summed E-state index contributed by atoms with van der Waals surface area (Å²) in [6, 6.07) is 6.84. The second-order valence-corrected chi connectivity index (χ2v) is 9.21. The van der Waals surface area contributed by atoms with Crippen LogP contribution in [0.5, 0.6) is 11.5 Å². The van der Waals surface area contributed by atoms with Crippen LogP contribution in [0.1, 0.15) is 72.0 Å². The van der Waals surface area contributed by atoms with E-state index in [0.29, 0.717) is 38.8 Å². The third-order valence-corrected chi connectivity index (χ3v) is 4.85. The number of rotatable bonds is 7. The molecule has 0 radical (unpaired) electrons. The highest BCUT2D eigenvalue weighted by atomic mass is 35.5. The smallest absolute Gasteiger partial charge is 0.339 e. The Morgan fingerprint density at radius 1 is 1.09 bits per heavy atom. The molecule has 0 N–H and O–H groups in total. The van der Waals surface area contributed by atoms with Gasteiger partial charge in [-0.1, -0.05) is 17.7 Å². The van der Waals surface area contributed by atoms with Gasteiger partial charge in [-0.25, -0.2) is 4.79 Å². The van der Waals surface area contributed by atoms with E-state index in [9.17, 15) is 9.59 Å². The fraction of sp³-hybridized carbons (Fsp3) is 0.385. The first-order valence-electron chi connectivity index (χ1n) is 10.4. The summed E-state index contributed by atoms with van der Waals surface area (Å²) >= 11 is 6.14. The van der Waals surface area contributed by atoms with E-state index in [4.69, 9.17) is 25.8 Å². The van der Waals surface area contributed by atoms with Crippen molar-refractivity contribution in [2.24, 2.45) is 0 Å². The molecule has 0 fully saturated rings. The number of para-hydroxylation sites is 1. The molecule has 0 aromatic heterocycles. The zero-order valence-electron chi connectivity index (χ0n) is 20.0. The van der Waals surface area contributed by atoms with E-state index in [2.05, 4.69) is 0 Å². The number of benzene rings is 2. The van der Waals surface area contributed by atoms with Gasteiger partial charge in [0.25, 0.3) is 0 Å². The summed E-state index contributed by atoms with van der Waals surface area (Å²) in [5, 5.41) is 0.365. The van der Waals surface area contributed by atoms with Gasteiger partial charge >= 0.3 is 5.97 Å². The van der Waals surface area contributed by atoms with Crippen LogP contribution in [0, 0.1) is 13.8 Å². The monoisotopic (exact) mass is 458 g/mol. The van der Waals surface area contributed by atoms with Gasteiger partial charge in [0.15, 0.2) is 5.78 Å². The predicted molar refractivity (Wildman–Crippen MR) is 128 cm³/mol. The van der Waals surface area contributed by atoms with Crippen molar-refractivity contribution in [1.29, 1.82) is 0 Å². The maximum atomic E-state index is 12.8. The predicted octanol–water partition coefficient (Wildman–Crippen LogP) is 6.60. The number of halogens is 1. The lowest BCUT2D eigenvalue weighted by atomic mass is 9.96. The summed E-state index contributed by atoms with van der Waals surface area (Å²) in [6.45, 7) is 13.0. The van der Waals surface area contributed by atoms with Gasteiger partial charge in [-0.3, -0.25) is 4.79 Å². The summed E-state index contributed by atoms with van der Waals surface area (Å²) in [5.41, 5.74) is 2.31. The van der Waals surface area contributed by atoms with E-state index >= 15 is 0 Å². The van der Waals surface area contributed by atoms with Crippen molar-refractivity contribution < 1.29 is 23.8 Å². The molecular weight excluding hydrogens is 428 g/mol. The van der Waals surface area contributed by atoms with Crippen molar-refractivity contribution in [2.75, 3.05) is 7.11 Å². The molecule has 172 valence electrons. The number of carbonyl (C=O) groups excluding carboxylic acids is 2. The minimum Gasteiger partial charge on any atom is -0.494 e. The number of allylic oxidation sites excluding steroid dienone is 1. The van der Waals surface area contributed by atoms with Crippen LogP contribution in [0.15, 0.2) is 30.3 Å². The molecule has 5 nitrogen and oxygen atoms in total. The van der Waals surface area contributed by atoms with Crippen LogP contribution in [-0.2, 0) is 4.74 Å². The third kappa shape index (κ3) is 6.13. The molecule has 0 bridgehead atoms. The summed E-state index contributed by atoms with van der Waals surface area (Å²) in [6.07, 6.45) is 3.00. The van der Waals surface area contributed by atoms with Crippen molar-refractivity contribution >= 4 is 29.4 Å². The van der Waals surface area contributed by atoms with E-state index in [1.807, 2.05) is 54.5 Å². The van der Waals surface area contributed by atoms with Gasteiger partial charge in [-0.15, -0.1) is 0 Å². The largest absolute Gasteiger partial charge is 0.494 e. The zero-order valence-corrected chi connectivity index (χ0v) is 20.7. The first kappa shape index (κ1) is 25.5. The van der Waals surface area contributed by atoms with E-state index < -0.39 is 11.6 Å². The lowest BCUT2D eigenvalue weighted by molar-refractivity contribution is 0.00671. The van der Waals surface area contributed by atoms with Crippen LogP contribution >= 0.6 is 11.6 Å². The second-order valence-electron chi connectivity index (χ2n) is 8.80. The van der Waals surface area contributed by atoms with Gasteiger partial charge in [-0.05, 0) is 84.4 Å². The first-order chi connectivity index (χ1) is 14.9. The van der Waals surface area contributed by atoms with Crippen molar-refractivity contribution in [3.63, 3.8) is 0 Å². The topological polar surface area (TPSA) is 61.8 Å². The van der Waals surface area contributed by atoms with E-state index in [1.54, 1.807) is 24.3 Å². The second kappa shape index (κ2) is 10.2. The molecule has 0 aliphatic rings. The molecule has 0 saturated carbocycles. The summed E-state index contributed by atoms with van der Waals surface area (Å²) in [5.74, 6) is 0.200. The standard InChI is InChI=1S/C26H31ClO5/c1-15(2)31-23-17(4)22(25(29)32-26(5,6)7)16(3)14-18(23)12-13-21(28)19-10-9-11-20(27)24(19)30-8/h9-15H,1-8H3. The highest BCUT2D eigenvalue weighted by Crippen LogP contribution is 2.33. The van der Waals surface area contributed by atoms with Crippen molar-refractivity contribution in [2.45, 2.75) is 60.2 Å². The lowest BCUT2D eigenvalue weighted by Crippen LogP contribution is -2.25. The molecule has 6 heteroatoms. The molecular formula is C26H31ClO5. The zero-order chi connectivity index (χ0) is 24.2. The molecule has 0 amide bonds. The van der Waals surface area contributed by atoms with Crippen LogP contribution in [0.3, 0.4) is 0 Å². The molecule has 2 rings (SSSR count). The molecule has 0 atom stereocenters. The number of aryl methyl sites for hydroxylation is 1. The summed E-state index contributed by atoms with van der Waals surface area (Å²) in [4.78, 5) is 25.7. The average molecular weight is 459 g/mol. The van der Waals surface area contributed by atoms with E-state index in [-0.39, 0.29) is 11.9 Å². The number of hydrogen-bond acceptors (Lipinski definition) is 5. The highest BCUT2D eigenvalue weighted by molar-refractivity contribution is 6.33. The van der Waals surface area contributed by atoms with Crippen LogP contribution in [-0.4, -0.2) is 30.6 Å². The van der Waals surface area contributed by atoms with E-state index in [0.717, 1.165) is 5.56 Å².